The topological polar surface area (TPSA) is 80.1 Å². The van der Waals surface area contributed by atoms with E-state index in [0.29, 0.717) is 31.6 Å². The van der Waals surface area contributed by atoms with E-state index in [1.165, 1.54) is 6.33 Å². The molecule has 0 unspecified atom stereocenters. The molecule has 3 rings (SSSR count). The van der Waals surface area contributed by atoms with Gasteiger partial charge in [-0.3, -0.25) is 14.3 Å². The molecule has 0 fully saturated rings. The van der Waals surface area contributed by atoms with Gasteiger partial charge in [-0.1, -0.05) is 25.1 Å². The second-order valence-electron chi connectivity index (χ2n) is 5.46. The quantitative estimate of drug-likeness (QED) is 0.856. The van der Waals surface area contributed by atoms with Gasteiger partial charge in [-0.15, -0.1) is 0 Å². The fraction of sp³-hybridized carbons (Fsp3) is 0.375. The molecule has 2 heterocycles. The van der Waals surface area contributed by atoms with Crippen molar-refractivity contribution >= 4 is 11.8 Å². The van der Waals surface area contributed by atoms with Crippen LogP contribution in [0.25, 0.3) is 0 Å². The van der Waals surface area contributed by atoms with Gasteiger partial charge >= 0.3 is 0 Å². The first-order valence-electron chi connectivity index (χ1n) is 7.69. The third-order valence-corrected chi connectivity index (χ3v) is 4.02. The molecule has 0 saturated heterocycles. The van der Waals surface area contributed by atoms with Crippen LogP contribution in [0.1, 0.15) is 29.3 Å². The Morgan fingerprint density at radius 2 is 2.22 bits per heavy atom. The lowest BCUT2D eigenvalue weighted by atomic mass is 10.1. The predicted octanol–water partition coefficient (Wildman–Crippen LogP) is 0.829. The molecular formula is C16H19N5O2. The van der Waals surface area contributed by atoms with Crippen LogP contribution in [-0.4, -0.2) is 44.1 Å². The zero-order valence-electron chi connectivity index (χ0n) is 13.0. The van der Waals surface area contributed by atoms with Crippen LogP contribution in [0.15, 0.2) is 36.9 Å². The molecule has 0 bridgehead atoms. The summed E-state index contributed by atoms with van der Waals surface area (Å²) in [6.07, 6.45) is 3.63. The average Bonchev–Trinajstić information content (AvgIpc) is 3.18. The predicted molar refractivity (Wildman–Crippen MR) is 83.4 cm³/mol. The number of hydrogen-bond donors (Lipinski definition) is 1. The van der Waals surface area contributed by atoms with Crippen LogP contribution >= 0.6 is 0 Å². The summed E-state index contributed by atoms with van der Waals surface area (Å²) >= 11 is 0. The summed E-state index contributed by atoms with van der Waals surface area (Å²) in [6, 6.07) is 7.05. The number of rotatable bonds is 6. The molecule has 1 atom stereocenters. The third-order valence-electron chi connectivity index (χ3n) is 4.02. The smallest absolute Gasteiger partial charge is 0.255 e. The summed E-state index contributed by atoms with van der Waals surface area (Å²) in [6.45, 7) is 3.41. The number of hydrogen-bond acceptors (Lipinski definition) is 4. The van der Waals surface area contributed by atoms with Crippen LogP contribution in [0, 0.1) is 0 Å². The maximum absolute atomic E-state index is 12.5. The van der Waals surface area contributed by atoms with Crippen molar-refractivity contribution in [2.24, 2.45) is 0 Å². The lowest BCUT2D eigenvalue weighted by Gasteiger charge is -2.25. The van der Waals surface area contributed by atoms with Crippen LogP contribution < -0.4 is 5.32 Å². The molecule has 1 aliphatic rings. The average molecular weight is 313 g/mol. The van der Waals surface area contributed by atoms with Crippen molar-refractivity contribution in [3.05, 3.63) is 48.0 Å². The molecule has 0 spiro atoms. The van der Waals surface area contributed by atoms with Gasteiger partial charge in [-0.2, -0.15) is 5.10 Å². The van der Waals surface area contributed by atoms with Gasteiger partial charge in [-0.25, -0.2) is 4.98 Å². The van der Waals surface area contributed by atoms with E-state index >= 15 is 0 Å². The molecule has 1 aliphatic heterocycles. The first-order valence-corrected chi connectivity index (χ1v) is 7.69. The SMILES string of the molecule is CC[C@@H](C(=O)NCCn1cncn1)N1Cc2ccccc2C1=O. The third kappa shape index (κ3) is 3.08. The highest BCUT2D eigenvalue weighted by Crippen LogP contribution is 2.25. The Morgan fingerprint density at radius 3 is 2.91 bits per heavy atom. The van der Waals surface area contributed by atoms with Gasteiger partial charge in [-0.05, 0) is 18.1 Å². The molecule has 7 nitrogen and oxygen atoms in total. The van der Waals surface area contributed by atoms with Crippen LogP contribution in [0.3, 0.4) is 0 Å². The number of fused-ring (bicyclic) bond motifs is 1. The van der Waals surface area contributed by atoms with Crippen molar-refractivity contribution in [2.45, 2.75) is 32.5 Å². The van der Waals surface area contributed by atoms with Crippen molar-refractivity contribution in [1.29, 1.82) is 0 Å². The monoisotopic (exact) mass is 313 g/mol. The van der Waals surface area contributed by atoms with Crippen molar-refractivity contribution in [3.63, 3.8) is 0 Å². The molecule has 1 N–H and O–H groups in total. The standard InChI is InChI=1S/C16H19N5O2/c1-2-14(15(22)18-7-8-20-11-17-10-19-20)21-9-12-5-3-4-6-13(12)16(21)23/h3-6,10-11,14H,2,7-9H2,1H3,(H,18,22)/t14-/m0/s1. The van der Waals surface area contributed by atoms with Crippen molar-refractivity contribution in [2.75, 3.05) is 6.54 Å². The number of benzene rings is 1. The lowest BCUT2D eigenvalue weighted by Crippen LogP contribution is -2.47. The van der Waals surface area contributed by atoms with Crippen LogP contribution in [0.2, 0.25) is 0 Å². The van der Waals surface area contributed by atoms with Gasteiger partial charge in [0.15, 0.2) is 0 Å². The normalized spacial score (nSPS) is 14.7. The molecule has 7 heteroatoms. The zero-order valence-corrected chi connectivity index (χ0v) is 13.0. The van der Waals surface area contributed by atoms with Gasteiger partial charge in [0.05, 0.1) is 6.54 Å². The summed E-state index contributed by atoms with van der Waals surface area (Å²) in [7, 11) is 0. The number of aromatic nitrogens is 3. The maximum atomic E-state index is 12.5. The molecule has 0 aliphatic carbocycles. The summed E-state index contributed by atoms with van der Waals surface area (Å²) in [5.41, 5.74) is 1.67. The highest BCUT2D eigenvalue weighted by Gasteiger charge is 2.34. The second kappa shape index (κ2) is 6.60. The van der Waals surface area contributed by atoms with Crippen molar-refractivity contribution < 1.29 is 9.59 Å². The molecule has 2 aromatic rings. The Balaban J connectivity index is 1.61. The largest absolute Gasteiger partial charge is 0.352 e. The number of carbonyl (C=O) groups is 2. The molecule has 2 amide bonds. The van der Waals surface area contributed by atoms with E-state index in [-0.39, 0.29) is 11.8 Å². The van der Waals surface area contributed by atoms with Crippen molar-refractivity contribution in [3.8, 4) is 0 Å². The molecule has 23 heavy (non-hydrogen) atoms. The summed E-state index contributed by atoms with van der Waals surface area (Å²) in [5, 5.41) is 6.86. The van der Waals surface area contributed by atoms with Gasteiger partial charge in [0.2, 0.25) is 5.91 Å². The second-order valence-corrected chi connectivity index (χ2v) is 5.46. The van der Waals surface area contributed by atoms with E-state index in [1.807, 2.05) is 31.2 Å². The minimum Gasteiger partial charge on any atom is -0.352 e. The van der Waals surface area contributed by atoms with E-state index in [0.717, 1.165) is 5.56 Å². The van der Waals surface area contributed by atoms with E-state index in [2.05, 4.69) is 15.4 Å². The Kier molecular flexibility index (Phi) is 4.36. The number of nitrogens with zero attached hydrogens (tertiary/aromatic N) is 4. The number of carbonyl (C=O) groups excluding carboxylic acids is 2. The van der Waals surface area contributed by atoms with Gasteiger partial charge < -0.3 is 10.2 Å². The summed E-state index contributed by atoms with van der Waals surface area (Å²) in [4.78, 5) is 30.4. The first kappa shape index (κ1) is 15.2. The summed E-state index contributed by atoms with van der Waals surface area (Å²) < 4.78 is 1.65. The Labute approximate surface area is 134 Å². The Hall–Kier alpha value is -2.70. The first-order chi connectivity index (χ1) is 11.2. The van der Waals surface area contributed by atoms with Gasteiger partial charge in [0.25, 0.3) is 5.91 Å². The molecular weight excluding hydrogens is 294 g/mol. The molecule has 1 aromatic carbocycles. The number of nitrogens with one attached hydrogen (secondary N) is 1. The van der Waals surface area contributed by atoms with E-state index in [9.17, 15) is 9.59 Å². The summed E-state index contributed by atoms with van der Waals surface area (Å²) in [5.74, 6) is -0.201. The van der Waals surface area contributed by atoms with Crippen molar-refractivity contribution in [1.82, 2.24) is 25.0 Å². The van der Waals surface area contributed by atoms with Crippen LogP contribution in [0.5, 0.6) is 0 Å². The van der Waals surface area contributed by atoms with E-state index in [4.69, 9.17) is 0 Å². The molecule has 0 saturated carbocycles. The Morgan fingerprint density at radius 1 is 1.39 bits per heavy atom. The molecule has 1 aromatic heterocycles. The van der Waals surface area contributed by atoms with E-state index < -0.39 is 6.04 Å². The number of amides is 2. The van der Waals surface area contributed by atoms with Crippen LogP contribution in [-0.2, 0) is 17.9 Å². The molecule has 120 valence electrons. The minimum absolute atomic E-state index is 0.0705. The highest BCUT2D eigenvalue weighted by molar-refractivity contribution is 6.01. The maximum Gasteiger partial charge on any atom is 0.255 e. The molecule has 0 radical (unpaired) electrons. The van der Waals surface area contributed by atoms with E-state index in [1.54, 1.807) is 15.9 Å². The highest BCUT2D eigenvalue weighted by atomic mass is 16.2. The minimum atomic E-state index is -0.453. The fourth-order valence-electron chi connectivity index (χ4n) is 2.84. The van der Waals surface area contributed by atoms with Crippen LogP contribution in [0.4, 0.5) is 0 Å². The van der Waals surface area contributed by atoms with Gasteiger partial charge in [0.1, 0.15) is 18.7 Å². The zero-order chi connectivity index (χ0) is 16.2. The van der Waals surface area contributed by atoms with Gasteiger partial charge in [0, 0.05) is 18.7 Å². The Bertz CT molecular complexity index is 698. The lowest BCUT2D eigenvalue weighted by molar-refractivity contribution is -0.125. The fourth-order valence-corrected chi connectivity index (χ4v) is 2.84.